The summed E-state index contributed by atoms with van der Waals surface area (Å²) in [6.07, 6.45) is 0.211. The van der Waals surface area contributed by atoms with Crippen molar-refractivity contribution in [3.8, 4) is 11.5 Å². The largest absolute Gasteiger partial charge is 0.486 e. The first-order valence-corrected chi connectivity index (χ1v) is 5.79. The van der Waals surface area contributed by atoms with E-state index in [0.29, 0.717) is 26.2 Å². The van der Waals surface area contributed by atoms with Crippen molar-refractivity contribution < 1.29 is 19.3 Å². The Hall–Kier alpha value is -1.26. The Labute approximate surface area is 101 Å². The molecular formula is C13H18O4. The third-order valence-corrected chi connectivity index (χ3v) is 2.71. The average molecular weight is 238 g/mol. The third kappa shape index (κ3) is 2.70. The van der Waals surface area contributed by atoms with Gasteiger partial charge in [-0.05, 0) is 25.0 Å². The summed E-state index contributed by atoms with van der Waals surface area (Å²) < 4.78 is 16.4. The van der Waals surface area contributed by atoms with Crippen LogP contribution in [0.2, 0.25) is 0 Å². The van der Waals surface area contributed by atoms with Crippen LogP contribution in [-0.2, 0) is 17.8 Å². The monoisotopic (exact) mass is 238 g/mol. The number of benzene rings is 1. The highest BCUT2D eigenvalue weighted by molar-refractivity contribution is 5.51. The van der Waals surface area contributed by atoms with Crippen LogP contribution in [0.4, 0.5) is 0 Å². The fraction of sp³-hybridized carbons (Fsp3) is 0.538. The molecule has 1 unspecified atom stereocenters. The van der Waals surface area contributed by atoms with Gasteiger partial charge in [0.05, 0.1) is 12.7 Å². The Morgan fingerprint density at radius 1 is 1.35 bits per heavy atom. The Morgan fingerprint density at radius 3 is 2.82 bits per heavy atom. The summed E-state index contributed by atoms with van der Waals surface area (Å²) in [6, 6.07) is 3.86. The molecule has 1 atom stereocenters. The van der Waals surface area contributed by atoms with Gasteiger partial charge in [0.2, 0.25) is 0 Å². The maximum atomic E-state index is 9.49. The van der Waals surface area contributed by atoms with Gasteiger partial charge in [0.15, 0.2) is 11.5 Å². The molecule has 0 saturated heterocycles. The van der Waals surface area contributed by atoms with Gasteiger partial charge in [0.1, 0.15) is 13.2 Å². The van der Waals surface area contributed by atoms with Crippen molar-refractivity contribution in [1.29, 1.82) is 0 Å². The third-order valence-electron chi connectivity index (χ3n) is 2.71. The predicted octanol–water partition coefficient (Wildman–Crippen LogP) is 1.53. The summed E-state index contributed by atoms with van der Waals surface area (Å²) in [4.78, 5) is 0. The van der Waals surface area contributed by atoms with E-state index in [2.05, 4.69) is 0 Å². The zero-order chi connectivity index (χ0) is 12.3. The van der Waals surface area contributed by atoms with Gasteiger partial charge in [-0.2, -0.15) is 0 Å². The lowest BCUT2D eigenvalue weighted by atomic mass is 10.0. The molecule has 4 heteroatoms. The van der Waals surface area contributed by atoms with Crippen LogP contribution in [-0.4, -0.2) is 31.5 Å². The van der Waals surface area contributed by atoms with Crippen molar-refractivity contribution in [2.24, 2.45) is 0 Å². The van der Waals surface area contributed by atoms with E-state index < -0.39 is 0 Å². The number of rotatable bonds is 4. The van der Waals surface area contributed by atoms with Crippen molar-refractivity contribution in [1.82, 2.24) is 0 Å². The molecule has 0 spiro atoms. The normalized spacial score (nSPS) is 15.7. The fourth-order valence-electron chi connectivity index (χ4n) is 2.03. The minimum atomic E-state index is -0.381. The molecule has 0 saturated carbocycles. The zero-order valence-electron chi connectivity index (χ0n) is 10.2. The summed E-state index contributed by atoms with van der Waals surface area (Å²) in [7, 11) is 1.65. The Balaban J connectivity index is 2.38. The predicted molar refractivity (Wildman–Crippen MR) is 63.5 cm³/mol. The first-order valence-electron chi connectivity index (χ1n) is 5.79. The standard InChI is InChI=1S/C13H18O4/c1-9(14)7-10-3-4-12-13(11(10)8-15-2)17-6-5-16-12/h3-4,9,14H,5-8H2,1-2H3. The fourth-order valence-corrected chi connectivity index (χ4v) is 2.03. The molecule has 1 N–H and O–H groups in total. The second kappa shape index (κ2) is 5.38. The summed E-state index contributed by atoms with van der Waals surface area (Å²) in [5.41, 5.74) is 2.02. The molecule has 1 aromatic rings. The Bertz CT molecular complexity index is 387. The lowest BCUT2D eigenvalue weighted by Gasteiger charge is -2.23. The molecule has 17 heavy (non-hydrogen) atoms. The van der Waals surface area contributed by atoms with Crippen molar-refractivity contribution in [3.63, 3.8) is 0 Å². The maximum Gasteiger partial charge on any atom is 0.167 e. The van der Waals surface area contributed by atoms with Crippen LogP contribution in [0.15, 0.2) is 12.1 Å². The molecule has 1 aliphatic heterocycles. The molecule has 4 nitrogen and oxygen atoms in total. The van der Waals surface area contributed by atoms with Crippen molar-refractivity contribution in [2.75, 3.05) is 20.3 Å². The van der Waals surface area contributed by atoms with Crippen LogP contribution in [0.1, 0.15) is 18.1 Å². The molecule has 0 aliphatic carbocycles. The van der Waals surface area contributed by atoms with Gasteiger partial charge >= 0.3 is 0 Å². The zero-order valence-corrected chi connectivity index (χ0v) is 10.2. The molecule has 1 aliphatic rings. The second-order valence-corrected chi connectivity index (χ2v) is 4.21. The van der Waals surface area contributed by atoms with E-state index >= 15 is 0 Å². The number of aliphatic hydroxyl groups is 1. The molecule has 1 aromatic carbocycles. The van der Waals surface area contributed by atoms with Gasteiger partial charge in [-0.1, -0.05) is 6.07 Å². The first-order chi connectivity index (χ1) is 8.22. The van der Waals surface area contributed by atoms with Crippen LogP contribution in [0, 0.1) is 0 Å². The minimum absolute atomic E-state index is 0.381. The first kappa shape index (κ1) is 12.2. The van der Waals surface area contributed by atoms with Gasteiger partial charge in [0, 0.05) is 12.7 Å². The van der Waals surface area contributed by atoms with Crippen molar-refractivity contribution in [3.05, 3.63) is 23.3 Å². The molecule has 0 fully saturated rings. The number of fused-ring (bicyclic) bond motifs is 1. The van der Waals surface area contributed by atoms with E-state index in [1.165, 1.54) is 0 Å². The number of aliphatic hydroxyl groups excluding tert-OH is 1. The number of hydrogen-bond donors (Lipinski definition) is 1. The molecule has 2 rings (SSSR count). The SMILES string of the molecule is COCc1c(CC(C)O)ccc2c1OCCO2. The molecule has 0 amide bonds. The van der Waals surface area contributed by atoms with Crippen LogP contribution in [0.25, 0.3) is 0 Å². The lowest BCUT2D eigenvalue weighted by molar-refractivity contribution is 0.150. The highest BCUT2D eigenvalue weighted by Gasteiger charge is 2.19. The Kier molecular flexibility index (Phi) is 3.86. The van der Waals surface area contributed by atoms with Gasteiger partial charge in [-0.3, -0.25) is 0 Å². The van der Waals surface area contributed by atoms with E-state index in [9.17, 15) is 5.11 Å². The molecule has 0 bridgehead atoms. The molecule has 0 aromatic heterocycles. The molecule has 94 valence electrons. The molecule has 1 heterocycles. The van der Waals surface area contributed by atoms with Crippen molar-refractivity contribution >= 4 is 0 Å². The maximum absolute atomic E-state index is 9.49. The summed E-state index contributed by atoms with van der Waals surface area (Å²) in [5.74, 6) is 1.52. The van der Waals surface area contributed by atoms with E-state index in [0.717, 1.165) is 22.6 Å². The van der Waals surface area contributed by atoms with E-state index in [1.54, 1.807) is 14.0 Å². The average Bonchev–Trinajstić information content (AvgIpc) is 2.32. The summed E-state index contributed by atoms with van der Waals surface area (Å²) in [6.45, 7) is 3.37. The summed E-state index contributed by atoms with van der Waals surface area (Å²) >= 11 is 0. The molecular weight excluding hydrogens is 220 g/mol. The van der Waals surface area contributed by atoms with E-state index in [4.69, 9.17) is 14.2 Å². The topological polar surface area (TPSA) is 47.9 Å². The van der Waals surface area contributed by atoms with Gasteiger partial charge in [0.25, 0.3) is 0 Å². The van der Waals surface area contributed by atoms with E-state index in [-0.39, 0.29) is 6.10 Å². The van der Waals surface area contributed by atoms with Crippen molar-refractivity contribution in [2.45, 2.75) is 26.1 Å². The van der Waals surface area contributed by atoms with Gasteiger partial charge < -0.3 is 19.3 Å². The number of methoxy groups -OCH3 is 1. The Morgan fingerprint density at radius 2 is 2.12 bits per heavy atom. The number of hydrogen-bond acceptors (Lipinski definition) is 4. The van der Waals surface area contributed by atoms with E-state index in [1.807, 2.05) is 12.1 Å². The smallest absolute Gasteiger partial charge is 0.167 e. The minimum Gasteiger partial charge on any atom is -0.486 e. The van der Waals surface area contributed by atoms with Crippen LogP contribution >= 0.6 is 0 Å². The van der Waals surface area contributed by atoms with Crippen LogP contribution in [0.5, 0.6) is 11.5 Å². The highest BCUT2D eigenvalue weighted by Crippen LogP contribution is 2.36. The highest BCUT2D eigenvalue weighted by atomic mass is 16.6. The van der Waals surface area contributed by atoms with Crippen LogP contribution < -0.4 is 9.47 Å². The lowest BCUT2D eigenvalue weighted by Crippen LogP contribution is -2.18. The molecule has 0 radical (unpaired) electrons. The summed E-state index contributed by atoms with van der Waals surface area (Å²) in [5, 5.41) is 9.49. The second-order valence-electron chi connectivity index (χ2n) is 4.21. The van der Waals surface area contributed by atoms with Crippen LogP contribution in [0.3, 0.4) is 0 Å². The quantitative estimate of drug-likeness (QED) is 0.864. The van der Waals surface area contributed by atoms with Gasteiger partial charge in [-0.15, -0.1) is 0 Å². The number of ether oxygens (including phenoxy) is 3. The van der Waals surface area contributed by atoms with Gasteiger partial charge in [-0.25, -0.2) is 0 Å².